The number of thiazole rings is 1. The van der Waals surface area contributed by atoms with Crippen molar-refractivity contribution in [1.29, 1.82) is 0 Å². The summed E-state index contributed by atoms with van der Waals surface area (Å²) in [5, 5.41) is 9.92. The molecule has 1 aromatic heterocycles. The molecule has 1 aromatic carbocycles. The van der Waals surface area contributed by atoms with Crippen molar-refractivity contribution in [3.63, 3.8) is 0 Å². The number of benzene rings is 1. The van der Waals surface area contributed by atoms with Crippen LogP contribution in [0.5, 0.6) is 0 Å². The number of aliphatic imine (C=N–C) groups is 1. The third-order valence-corrected chi connectivity index (χ3v) is 4.60. The third-order valence-electron chi connectivity index (χ3n) is 3.66. The van der Waals surface area contributed by atoms with Crippen LogP contribution in [0.2, 0.25) is 0 Å². The summed E-state index contributed by atoms with van der Waals surface area (Å²) in [6.45, 7) is 3.54. The van der Waals surface area contributed by atoms with E-state index in [1.165, 1.54) is 0 Å². The van der Waals surface area contributed by atoms with E-state index in [1.54, 1.807) is 11.3 Å². The molecule has 0 fully saturated rings. The average molecular weight is 326 g/mol. The lowest BCUT2D eigenvalue weighted by Crippen LogP contribution is -2.42. The Labute approximate surface area is 141 Å². The predicted octanol–water partition coefficient (Wildman–Crippen LogP) is 3.58. The summed E-state index contributed by atoms with van der Waals surface area (Å²) in [4.78, 5) is 9.35. The standard InChI is InChI=1S/C18H22N4S/c1-2-19-18(22-15-10-6-7-11-15)20-12-16-13-23-17(21-16)14-8-4-3-5-9-14/h3-9,13,15H,2,10-12H2,1H3,(H2,19,20,22). The number of nitrogens with one attached hydrogen (secondary N) is 2. The predicted molar refractivity (Wildman–Crippen MR) is 97.7 cm³/mol. The molecule has 0 saturated carbocycles. The van der Waals surface area contributed by atoms with Crippen LogP contribution in [0.25, 0.3) is 10.6 Å². The highest BCUT2D eigenvalue weighted by Crippen LogP contribution is 2.23. The molecule has 0 spiro atoms. The molecule has 0 saturated heterocycles. The van der Waals surface area contributed by atoms with Crippen molar-refractivity contribution in [3.8, 4) is 10.6 Å². The maximum Gasteiger partial charge on any atom is 0.191 e. The van der Waals surface area contributed by atoms with E-state index >= 15 is 0 Å². The van der Waals surface area contributed by atoms with Crippen molar-refractivity contribution < 1.29 is 0 Å². The highest BCUT2D eigenvalue weighted by Gasteiger charge is 2.11. The molecule has 4 nitrogen and oxygen atoms in total. The van der Waals surface area contributed by atoms with E-state index in [0.717, 1.165) is 41.6 Å². The summed E-state index contributed by atoms with van der Waals surface area (Å²) in [5.74, 6) is 0.871. The maximum atomic E-state index is 4.69. The minimum absolute atomic E-state index is 0.461. The second-order valence-electron chi connectivity index (χ2n) is 5.49. The van der Waals surface area contributed by atoms with E-state index < -0.39 is 0 Å². The van der Waals surface area contributed by atoms with Crippen molar-refractivity contribution in [1.82, 2.24) is 15.6 Å². The monoisotopic (exact) mass is 326 g/mol. The van der Waals surface area contributed by atoms with Gasteiger partial charge in [0.25, 0.3) is 0 Å². The Balaban J connectivity index is 1.64. The number of rotatable bonds is 5. The van der Waals surface area contributed by atoms with Crippen LogP contribution in [0.4, 0.5) is 0 Å². The van der Waals surface area contributed by atoms with Crippen molar-refractivity contribution in [2.24, 2.45) is 4.99 Å². The van der Waals surface area contributed by atoms with Crippen molar-refractivity contribution in [2.45, 2.75) is 32.4 Å². The van der Waals surface area contributed by atoms with Crippen molar-refractivity contribution in [2.75, 3.05) is 6.54 Å². The van der Waals surface area contributed by atoms with E-state index in [9.17, 15) is 0 Å². The van der Waals surface area contributed by atoms with E-state index in [4.69, 9.17) is 0 Å². The van der Waals surface area contributed by atoms with Gasteiger partial charge < -0.3 is 10.6 Å². The minimum Gasteiger partial charge on any atom is -0.357 e. The average Bonchev–Trinajstić information content (AvgIpc) is 3.25. The molecule has 23 heavy (non-hydrogen) atoms. The van der Waals surface area contributed by atoms with Crippen LogP contribution < -0.4 is 10.6 Å². The molecular formula is C18H22N4S. The molecule has 0 aliphatic heterocycles. The Bertz CT molecular complexity index is 667. The smallest absolute Gasteiger partial charge is 0.191 e. The summed E-state index contributed by atoms with van der Waals surface area (Å²) >= 11 is 1.67. The van der Waals surface area contributed by atoms with Gasteiger partial charge in [-0.15, -0.1) is 11.3 Å². The van der Waals surface area contributed by atoms with Gasteiger partial charge in [0.2, 0.25) is 0 Å². The molecule has 3 rings (SSSR count). The zero-order valence-electron chi connectivity index (χ0n) is 13.3. The molecule has 5 heteroatoms. The van der Waals surface area contributed by atoms with Gasteiger partial charge in [-0.3, -0.25) is 0 Å². The normalized spacial score (nSPS) is 15.1. The Hall–Kier alpha value is -2.14. The van der Waals surface area contributed by atoms with Crippen LogP contribution in [0, 0.1) is 0 Å². The molecule has 2 aromatic rings. The van der Waals surface area contributed by atoms with Gasteiger partial charge in [-0.2, -0.15) is 0 Å². The first-order chi connectivity index (χ1) is 11.3. The first-order valence-corrected chi connectivity index (χ1v) is 8.93. The SMILES string of the molecule is CCNC(=NCc1csc(-c2ccccc2)n1)NC1CC=CC1. The zero-order chi connectivity index (χ0) is 15.9. The van der Waals surface area contributed by atoms with Gasteiger partial charge in [-0.1, -0.05) is 42.5 Å². The van der Waals surface area contributed by atoms with Gasteiger partial charge in [-0.05, 0) is 19.8 Å². The van der Waals surface area contributed by atoms with Crippen molar-refractivity contribution in [3.05, 3.63) is 53.6 Å². The number of hydrogen-bond acceptors (Lipinski definition) is 3. The second kappa shape index (κ2) is 7.92. The zero-order valence-corrected chi connectivity index (χ0v) is 14.1. The number of nitrogens with zero attached hydrogens (tertiary/aromatic N) is 2. The lowest BCUT2D eigenvalue weighted by Gasteiger charge is -2.16. The number of guanidine groups is 1. The molecule has 0 radical (unpaired) electrons. The van der Waals surface area contributed by atoms with E-state index in [0.29, 0.717) is 12.6 Å². The number of hydrogen-bond donors (Lipinski definition) is 2. The van der Waals surface area contributed by atoms with Gasteiger partial charge in [0.15, 0.2) is 5.96 Å². The van der Waals surface area contributed by atoms with Gasteiger partial charge >= 0.3 is 0 Å². The van der Waals surface area contributed by atoms with Crippen LogP contribution in [-0.2, 0) is 6.54 Å². The Morgan fingerprint density at radius 2 is 2.04 bits per heavy atom. The van der Waals surface area contributed by atoms with E-state index in [1.807, 2.05) is 18.2 Å². The summed E-state index contributed by atoms with van der Waals surface area (Å²) in [6, 6.07) is 10.7. The largest absolute Gasteiger partial charge is 0.357 e. The Morgan fingerprint density at radius 1 is 1.26 bits per heavy atom. The summed E-state index contributed by atoms with van der Waals surface area (Å²) in [5.41, 5.74) is 2.17. The molecule has 0 atom stereocenters. The van der Waals surface area contributed by atoms with Crippen LogP contribution in [-0.4, -0.2) is 23.5 Å². The molecule has 1 aliphatic rings. The van der Waals surface area contributed by atoms with Crippen LogP contribution >= 0.6 is 11.3 Å². The topological polar surface area (TPSA) is 49.3 Å². The van der Waals surface area contributed by atoms with Crippen molar-refractivity contribution >= 4 is 17.3 Å². The fourth-order valence-corrected chi connectivity index (χ4v) is 3.32. The summed E-state index contributed by atoms with van der Waals surface area (Å²) in [6.07, 6.45) is 6.57. The molecule has 0 bridgehead atoms. The Kier molecular flexibility index (Phi) is 5.42. The highest BCUT2D eigenvalue weighted by molar-refractivity contribution is 7.13. The molecule has 0 unspecified atom stereocenters. The van der Waals surface area contributed by atoms with Gasteiger partial charge in [0.05, 0.1) is 12.2 Å². The molecular weight excluding hydrogens is 304 g/mol. The van der Waals surface area contributed by atoms with Crippen LogP contribution in [0.15, 0.2) is 52.9 Å². The molecule has 120 valence electrons. The van der Waals surface area contributed by atoms with Gasteiger partial charge in [0.1, 0.15) is 5.01 Å². The molecule has 1 aliphatic carbocycles. The van der Waals surface area contributed by atoms with Gasteiger partial charge in [0, 0.05) is 23.5 Å². The van der Waals surface area contributed by atoms with E-state index in [2.05, 4.69) is 57.2 Å². The van der Waals surface area contributed by atoms with Crippen LogP contribution in [0.3, 0.4) is 0 Å². The third kappa shape index (κ3) is 4.42. The van der Waals surface area contributed by atoms with E-state index in [-0.39, 0.29) is 0 Å². The van der Waals surface area contributed by atoms with Gasteiger partial charge in [-0.25, -0.2) is 9.98 Å². The summed E-state index contributed by atoms with van der Waals surface area (Å²) < 4.78 is 0. The highest BCUT2D eigenvalue weighted by atomic mass is 32.1. The summed E-state index contributed by atoms with van der Waals surface area (Å²) in [7, 11) is 0. The minimum atomic E-state index is 0.461. The lowest BCUT2D eigenvalue weighted by atomic mass is 10.2. The maximum absolute atomic E-state index is 4.69. The van der Waals surface area contributed by atoms with Crippen LogP contribution in [0.1, 0.15) is 25.5 Å². The second-order valence-corrected chi connectivity index (χ2v) is 6.35. The molecule has 0 amide bonds. The Morgan fingerprint density at radius 3 is 2.78 bits per heavy atom. The lowest BCUT2D eigenvalue weighted by molar-refractivity contribution is 0.633. The fourth-order valence-electron chi connectivity index (χ4n) is 2.50. The first kappa shape index (κ1) is 15.7. The first-order valence-electron chi connectivity index (χ1n) is 8.05. The molecule has 2 N–H and O–H groups in total. The number of aromatic nitrogens is 1. The quantitative estimate of drug-likeness (QED) is 0.501. The fraction of sp³-hybridized carbons (Fsp3) is 0.333. The molecule has 1 heterocycles.